The van der Waals surface area contributed by atoms with Gasteiger partial charge in [-0.2, -0.15) is 0 Å². The number of nitrogens with zero attached hydrogens (tertiary/aromatic N) is 1. The molecule has 0 heterocycles. The van der Waals surface area contributed by atoms with Crippen LogP contribution in [0.1, 0.15) is 12.0 Å². The zero-order valence-electron chi connectivity index (χ0n) is 14.2. The van der Waals surface area contributed by atoms with Gasteiger partial charge in [-0.3, -0.25) is 4.79 Å². The predicted octanol–water partition coefficient (Wildman–Crippen LogP) is 2.75. The minimum atomic E-state index is -0.00646. The molecular formula is C21H24N2O2. The van der Waals surface area contributed by atoms with E-state index in [2.05, 4.69) is 22.3 Å². The van der Waals surface area contributed by atoms with Crippen LogP contribution < -0.4 is 10.2 Å². The Kier molecular flexibility index (Phi) is 5.86. The van der Waals surface area contributed by atoms with Gasteiger partial charge in [-0.1, -0.05) is 60.7 Å². The summed E-state index contributed by atoms with van der Waals surface area (Å²) >= 11 is 0. The fourth-order valence-electron chi connectivity index (χ4n) is 3.12. The summed E-state index contributed by atoms with van der Waals surface area (Å²) < 4.78 is 0. The third kappa shape index (κ3) is 4.94. The standard InChI is InChI=1S/C21H24N2O2/c24-16-18-11-12-19(13-18)22-21(25)15-23(20-9-5-2-6-10-20)14-17-7-3-1-4-8-17/h1-12,18-19,24H,13-16H2,(H,22,25)/t18-,19+/m0/s1. The van der Waals surface area contributed by atoms with Crippen molar-refractivity contribution in [2.24, 2.45) is 5.92 Å². The van der Waals surface area contributed by atoms with Gasteiger partial charge in [-0.05, 0) is 24.1 Å². The van der Waals surface area contributed by atoms with E-state index in [0.717, 1.165) is 12.1 Å². The van der Waals surface area contributed by atoms with E-state index in [1.54, 1.807) is 0 Å². The maximum atomic E-state index is 12.5. The van der Waals surface area contributed by atoms with E-state index in [-0.39, 0.29) is 24.5 Å². The van der Waals surface area contributed by atoms with Gasteiger partial charge in [0.2, 0.25) is 5.91 Å². The van der Waals surface area contributed by atoms with Crippen LogP contribution in [0.3, 0.4) is 0 Å². The van der Waals surface area contributed by atoms with Crippen molar-refractivity contribution in [3.05, 3.63) is 78.4 Å². The molecule has 1 aliphatic rings. The number of carbonyl (C=O) groups excluding carboxylic acids is 1. The van der Waals surface area contributed by atoms with Crippen molar-refractivity contribution in [3.8, 4) is 0 Å². The normalized spacial score (nSPS) is 18.9. The van der Waals surface area contributed by atoms with E-state index >= 15 is 0 Å². The summed E-state index contributed by atoms with van der Waals surface area (Å²) in [4.78, 5) is 14.6. The minimum Gasteiger partial charge on any atom is -0.396 e. The van der Waals surface area contributed by atoms with Gasteiger partial charge in [0.25, 0.3) is 0 Å². The van der Waals surface area contributed by atoms with Gasteiger partial charge in [0.15, 0.2) is 0 Å². The van der Waals surface area contributed by atoms with E-state index < -0.39 is 0 Å². The Labute approximate surface area is 148 Å². The molecule has 0 saturated heterocycles. The number of anilines is 1. The highest BCUT2D eigenvalue weighted by Crippen LogP contribution is 2.18. The number of aliphatic hydroxyl groups excluding tert-OH is 1. The van der Waals surface area contributed by atoms with Gasteiger partial charge in [-0.15, -0.1) is 0 Å². The Balaban J connectivity index is 1.65. The molecule has 1 amide bonds. The van der Waals surface area contributed by atoms with Crippen molar-refractivity contribution in [2.45, 2.75) is 19.0 Å². The van der Waals surface area contributed by atoms with Crippen LogP contribution >= 0.6 is 0 Å². The third-order valence-corrected chi connectivity index (χ3v) is 4.43. The fourth-order valence-corrected chi connectivity index (χ4v) is 3.12. The summed E-state index contributed by atoms with van der Waals surface area (Å²) in [6.45, 7) is 1.11. The van der Waals surface area contributed by atoms with Crippen molar-refractivity contribution in [2.75, 3.05) is 18.1 Å². The zero-order chi connectivity index (χ0) is 17.5. The number of aliphatic hydroxyl groups is 1. The number of hydrogen-bond acceptors (Lipinski definition) is 3. The molecule has 0 spiro atoms. The summed E-state index contributed by atoms with van der Waals surface area (Å²) in [5.74, 6) is 0.146. The predicted molar refractivity (Wildman–Crippen MR) is 100 cm³/mol. The van der Waals surface area contributed by atoms with Crippen LogP contribution in [0.4, 0.5) is 5.69 Å². The highest BCUT2D eigenvalue weighted by atomic mass is 16.3. The first-order chi connectivity index (χ1) is 12.2. The highest BCUT2D eigenvalue weighted by molar-refractivity contribution is 5.81. The first-order valence-electron chi connectivity index (χ1n) is 8.67. The minimum absolute atomic E-state index is 0.00646. The largest absolute Gasteiger partial charge is 0.396 e. The lowest BCUT2D eigenvalue weighted by atomic mass is 10.1. The van der Waals surface area contributed by atoms with Gasteiger partial charge >= 0.3 is 0 Å². The maximum absolute atomic E-state index is 12.5. The van der Waals surface area contributed by atoms with E-state index in [0.29, 0.717) is 13.1 Å². The molecule has 0 fully saturated rings. The molecule has 2 aromatic rings. The lowest BCUT2D eigenvalue weighted by Crippen LogP contribution is -2.41. The third-order valence-electron chi connectivity index (χ3n) is 4.43. The Morgan fingerprint density at radius 3 is 2.36 bits per heavy atom. The Hall–Kier alpha value is -2.59. The highest BCUT2D eigenvalue weighted by Gasteiger charge is 2.21. The first kappa shape index (κ1) is 17.2. The van der Waals surface area contributed by atoms with E-state index in [9.17, 15) is 9.90 Å². The molecule has 2 aromatic carbocycles. The van der Waals surface area contributed by atoms with Crippen molar-refractivity contribution in [1.29, 1.82) is 0 Å². The smallest absolute Gasteiger partial charge is 0.239 e. The van der Waals surface area contributed by atoms with Gasteiger partial charge in [0.1, 0.15) is 0 Å². The Morgan fingerprint density at radius 1 is 1.04 bits per heavy atom. The van der Waals surface area contributed by atoms with Gasteiger partial charge in [0, 0.05) is 30.8 Å². The molecule has 0 unspecified atom stereocenters. The number of benzene rings is 2. The van der Waals surface area contributed by atoms with Gasteiger partial charge in [0.05, 0.1) is 6.54 Å². The van der Waals surface area contributed by atoms with E-state index in [1.807, 2.05) is 60.7 Å². The molecule has 2 atom stereocenters. The molecular weight excluding hydrogens is 312 g/mol. The van der Waals surface area contributed by atoms with Crippen LogP contribution in [0.15, 0.2) is 72.8 Å². The van der Waals surface area contributed by atoms with Crippen molar-refractivity contribution in [1.82, 2.24) is 5.32 Å². The molecule has 1 aliphatic carbocycles. The number of rotatable bonds is 7. The van der Waals surface area contributed by atoms with Crippen LogP contribution in [0.25, 0.3) is 0 Å². The summed E-state index contributed by atoms with van der Waals surface area (Å²) in [7, 11) is 0. The molecule has 0 aliphatic heterocycles. The molecule has 130 valence electrons. The SMILES string of the molecule is O=C(CN(Cc1ccccc1)c1ccccc1)N[C@@H]1C=C[C@H](CO)C1. The van der Waals surface area contributed by atoms with Gasteiger partial charge in [-0.25, -0.2) is 0 Å². The number of para-hydroxylation sites is 1. The van der Waals surface area contributed by atoms with Crippen LogP contribution in [0.5, 0.6) is 0 Å². The van der Waals surface area contributed by atoms with Crippen molar-refractivity contribution < 1.29 is 9.90 Å². The van der Waals surface area contributed by atoms with Crippen molar-refractivity contribution >= 4 is 11.6 Å². The summed E-state index contributed by atoms with van der Waals surface area (Å²) in [5.41, 5.74) is 2.19. The number of nitrogens with one attached hydrogen (secondary N) is 1. The van der Waals surface area contributed by atoms with Crippen LogP contribution in [0, 0.1) is 5.92 Å². The Morgan fingerprint density at radius 2 is 1.72 bits per heavy atom. The second-order valence-electron chi connectivity index (χ2n) is 6.41. The lowest BCUT2D eigenvalue weighted by Gasteiger charge is -2.25. The first-order valence-corrected chi connectivity index (χ1v) is 8.67. The monoisotopic (exact) mass is 336 g/mol. The van der Waals surface area contributed by atoms with Crippen molar-refractivity contribution in [3.63, 3.8) is 0 Å². The fraction of sp³-hybridized carbons (Fsp3) is 0.286. The molecule has 4 heteroatoms. The quantitative estimate of drug-likeness (QED) is 0.765. The van der Waals surface area contributed by atoms with Crippen LogP contribution in [-0.4, -0.2) is 30.2 Å². The molecule has 0 radical (unpaired) electrons. The second kappa shape index (κ2) is 8.49. The zero-order valence-corrected chi connectivity index (χ0v) is 14.2. The molecule has 2 N–H and O–H groups in total. The van der Waals surface area contributed by atoms with Gasteiger partial charge < -0.3 is 15.3 Å². The average Bonchev–Trinajstić information content (AvgIpc) is 3.10. The molecule has 3 rings (SSSR count). The summed E-state index contributed by atoms with van der Waals surface area (Å²) in [6.07, 6.45) is 4.72. The Bertz CT molecular complexity index is 700. The van der Waals surface area contributed by atoms with Crippen LogP contribution in [-0.2, 0) is 11.3 Å². The molecule has 0 bridgehead atoms. The average molecular weight is 336 g/mol. The lowest BCUT2D eigenvalue weighted by molar-refractivity contribution is -0.120. The molecule has 0 saturated carbocycles. The molecule has 4 nitrogen and oxygen atoms in total. The molecule has 25 heavy (non-hydrogen) atoms. The number of amides is 1. The molecule has 0 aromatic heterocycles. The number of hydrogen-bond donors (Lipinski definition) is 2. The van der Waals surface area contributed by atoms with E-state index in [4.69, 9.17) is 0 Å². The second-order valence-corrected chi connectivity index (χ2v) is 6.41. The number of carbonyl (C=O) groups is 1. The topological polar surface area (TPSA) is 52.6 Å². The summed E-state index contributed by atoms with van der Waals surface area (Å²) in [5, 5.41) is 12.3. The van der Waals surface area contributed by atoms with E-state index in [1.165, 1.54) is 5.56 Å². The van der Waals surface area contributed by atoms with Crippen LogP contribution in [0.2, 0.25) is 0 Å². The maximum Gasteiger partial charge on any atom is 0.239 e. The summed E-state index contributed by atoms with van der Waals surface area (Å²) in [6, 6.07) is 20.1.